The van der Waals surface area contributed by atoms with Gasteiger partial charge in [-0.25, -0.2) is 17.2 Å². The molecule has 1 fully saturated rings. The Morgan fingerprint density at radius 1 is 1.09 bits per heavy atom. The van der Waals surface area contributed by atoms with Gasteiger partial charge in [-0.05, 0) is 30.7 Å². The van der Waals surface area contributed by atoms with Gasteiger partial charge in [0.2, 0.25) is 0 Å². The maximum Gasteiger partial charge on any atom is 0.265 e. The zero-order valence-electron chi connectivity index (χ0n) is 18.1. The first kappa shape index (κ1) is 23.4. The van der Waals surface area contributed by atoms with Gasteiger partial charge in [0, 0.05) is 41.8 Å². The molecule has 0 aromatic heterocycles. The van der Waals surface area contributed by atoms with Crippen LogP contribution >= 0.6 is 11.6 Å². The number of phenols is 1. The lowest BCUT2D eigenvalue weighted by Crippen LogP contribution is -2.30. The minimum absolute atomic E-state index is 0.0222. The molecule has 2 heterocycles. The molecule has 182 valence electrons. The maximum atomic E-state index is 14.8. The first-order valence-electron chi connectivity index (χ1n) is 10.7. The summed E-state index contributed by atoms with van der Waals surface area (Å²) in [7, 11) is -4.64. The van der Waals surface area contributed by atoms with Crippen molar-refractivity contribution in [2.24, 2.45) is 5.92 Å². The highest BCUT2D eigenvalue weighted by Gasteiger charge is 2.31. The van der Waals surface area contributed by atoms with Crippen LogP contribution in [0.15, 0.2) is 53.4 Å². The number of aromatic hydroxyl groups is 1. The number of nitrogens with one attached hydrogen (secondary N) is 1. The third kappa shape index (κ3) is 4.28. The molecule has 1 atom stereocenters. The molecule has 3 aromatic rings. The first-order chi connectivity index (χ1) is 16.6. The molecule has 35 heavy (non-hydrogen) atoms. The molecule has 2 N–H and O–H groups in total. The average Bonchev–Trinajstić information content (AvgIpc) is 3.29. The summed E-state index contributed by atoms with van der Waals surface area (Å²) in [6.45, 7) is 1.02. The van der Waals surface area contributed by atoms with Crippen molar-refractivity contribution in [1.82, 2.24) is 4.90 Å². The van der Waals surface area contributed by atoms with Gasteiger partial charge in [-0.3, -0.25) is 9.52 Å². The molecule has 0 radical (unpaired) electrons. The minimum Gasteiger partial charge on any atom is -0.505 e. The standard InChI is InChI=1S/C24H19ClF2N2O5S/c25-17-7-14-8-22(23(17)30)35(32,33)28-20-9-16(18(26)10-19(20)27)15-3-1-2-4-21(15)34-12-13-5-6-29(11-13)24(14)31/h1-4,7-10,13,28,30H,5-6,11-12H2. The highest BCUT2D eigenvalue weighted by molar-refractivity contribution is 7.92. The zero-order valence-corrected chi connectivity index (χ0v) is 19.7. The molecule has 0 spiro atoms. The van der Waals surface area contributed by atoms with E-state index in [2.05, 4.69) is 0 Å². The maximum absolute atomic E-state index is 14.8. The van der Waals surface area contributed by atoms with E-state index in [1.807, 2.05) is 4.72 Å². The molecule has 0 saturated carbocycles. The van der Waals surface area contributed by atoms with E-state index in [0.29, 0.717) is 36.9 Å². The lowest BCUT2D eigenvalue weighted by Gasteiger charge is -2.20. The molecular formula is C24H19ClF2N2O5S. The summed E-state index contributed by atoms with van der Waals surface area (Å²) in [6.07, 6.45) is 0.640. The van der Waals surface area contributed by atoms with Gasteiger partial charge < -0.3 is 14.7 Å². The van der Waals surface area contributed by atoms with Crippen molar-refractivity contribution in [3.8, 4) is 22.6 Å². The number of fused-ring (bicyclic) bond motifs is 8. The summed E-state index contributed by atoms with van der Waals surface area (Å²) in [5, 5.41) is 10.0. The summed E-state index contributed by atoms with van der Waals surface area (Å²) in [4.78, 5) is 13.9. The third-order valence-corrected chi connectivity index (χ3v) is 7.76. The van der Waals surface area contributed by atoms with E-state index in [0.717, 1.165) is 12.1 Å². The lowest BCUT2D eigenvalue weighted by molar-refractivity contribution is 0.0782. The van der Waals surface area contributed by atoms with Crippen LogP contribution in [0.5, 0.6) is 11.5 Å². The smallest absolute Gasteiger partial charge is 0.265 e. The lowest BCUT2D eigenvalue weighted by atomic mass is 10.0. The van der Waals surface area contributed by atoms with Crippen molar-refractivity contribution >= 4 is 33.2 Å². The van der Waals surface area contributed by atoms with Gasteiger partial charge >= 0.3 is 0 Å². The number of anilines is 1. The Morgan fingerprint density at radius 3 is 2.66 bits per heavy atom. The van der Waals surface area contributed by atoms with Crippen molar-refractivity contribution in [2.45, 2.75) is 11.3 Å². The van der Waals surface area contributed by atoms with Gasteiger partial charge in [-0.15, -0.1) is 0 Å². The molecule has 0 aliphatic carbocycles. The molecule has 1 saturated heterocycles. The van der Waals surface area contributed by atoms with E-state index in [1.54, 1.807) is 29.2 Å². The van der Waals surface area contributed by atoms with E-state index in [-0.39, 0.29) is 28.7 Å². The summed E-state index contributed by atoms with van der Waals surface area (Å²) >= 11 is 6.04. The Balaban J connectivity index is 1.71. The third-order valence-electron chi connectivity index (χ3n) is 6.09. The number of phenolic OH excluding ortho intramolecular Hbond substituents is 1. The van der Waals surface area contributed by atoms with Crippen LogP contribution in [0.2, 0.25) is 5.02 Å². The van der Waals surface area contributed by atoms with Crippen molar-refractivity contribution in [3.05, 3.63) is 70.8 Å². The monoisotopic (exact) mass is 520 g/mol. The van der Waals surface area contributed by atoms with Crippen molar-refractivity contribution < 1.29 is 31.8 Å². The fourth-order valence-corrected chi connectivity index (χ4v) is 5.77. The average molecular weight is 521 g/mol. The van der Waals surface area contributed by atoms with Crippen molar-refractivity contribution in [2.75, 3.05) is 24.4 Å². The number of para-hydroxylation sites is 1. The van der Waals surface area contributed by atoms with Gasteiger partial charge in [-0.2, -0.15) is 0 Å². The second-order valence-corrected chi connectivity index (χ2v) is 10.5. The number of sulfonamides is 1. The number of ether oxygens (including phenoxy) is 1. The van der Waals surface area contributed by atoms with E-state index in [4.69, 9.17) is 16.3 Å². The van der Waals surface area contributed by atoms with E-state index in [9.17, 15) is 27.1 Å². The topological polar surface area (TPSA) is 95.9 Å². The number of benzene rings is 3. The van der Waals surface area contributed by atoms with Crippen LogP contribution in [0, 0.1) is 17.6 Å². The van der Waals surface area contributed by atoms with Gasteiger partial charge in [0.15, 0.2) is 5.75 Å². The fourth-order valence-electron chi connectivity index (χ4n) is 4.29. The minimum atomic E-state index is -4.64. The summed E-state index contributed by atoms with van der Waals surface area (Å²) in [5.41, 5.74) is -0.380. The number of carbonyl (C=O) groups is 1. The first-order valence-corrected chi connectivity index (χ1v) is 12.6. The number of hydrogen-bond donors (Lipinski definition) is 2. The molecule has 3 aromatic carbocycles. The predicted octanol–water partition coefficient (Wildman–Crippen LogP) is 4.65. The van der Waals surface area contributed by atoms with Gasteiger partial charge in [0.25, 0.3) is 15.9 Å². The zero-order chi connectivity index (χ0) is 24.9. The fraction of sp³-hybridized carbons (Fsp3) is 0.208. The molecular weight excluding hydrogens is 502 g/mol. The van der Waals surface area contributed by atoms with Crippen LogP contribution < -0.4 is 9.46 Å². The second-order valence-electron chi connectivity index (χ2n) is 8.44. The van der Waals surface area contributed by atoms with E-state index >= 15 is 0 Å². The molecule has 1 unspecified atom stereocenters. The predicted molar refractivity (Wildman–Crippen MR) is 125 cm³/mol. The van der Waals surface area contributed by atoms with Crippen LogP contribution in [0.4, 0.5) is 14.5 Å². The van der Waals surface area contributed by atoms with Gasteiger partial charge in [0.1, 0.15) is 22.3 Å². The number of amides is 1. The highest BCUT2D eigenvalue weighted by atomic mass is 35.5. The summed E-state index contributed by atoms with van der Waals surface area (Å²) in [6, 6.07) is 10.3. The Hall–Kier alpha value is -3.37. The van der Waals surface area contributed by atoms with Crippen molar-refractivity contribution in [3.63, 3.8) is 0 Å². The quantitative estimate of drug-likeness (QED) is 0.450. The highest BCUT2D eigenvalue weighted by Crippen LogP contribution is 2.38. The van der Waals surface area contributed by atoms with Crippen molar-refractivity contribution in [1.29, 1.82) is 0 Å². The van der Waals surface area contributed by atoms with Gasteiger partial charge in [0.05, 0.1) is 17.3 Å². The summed E-state index contributed by atoms with van der Waals surface area (Å²) in [5.74, 6) is -3.03. The number of halogens is 3. The van der Waals surface area contributed by atoms with E-state index < -0.39 is 43.9 Å². The number of carbonyl (C=O) groups excluding carboxylic acids is 1. The van der Waals surface area contributed by atoms with Crippen LogP contribution in [0.25, 0.3) is 11.1 Å². The number of rotatable bonds is 0. The van der Waals surface area contributed by atoms with E-state index in [1.165, 1.54) is 6.07 Å². The SMILES string of the molecule is O=C1c2cc(Cl)c(O)c(c2)S(=O)(=O)Nc2cc(c(F)cc2F)-c2ccccc2OCC2CCN1C2. The molecule has 1 amide bonds. The molecule has 2 aliphatic heterocycles. The Bertz CT molecular complexity index is 1460. The van der Waals surface area contributed by atoms with Gasteiger partial charge in [-0.1, -0.05) is 29.8 Å². The molecule has 5 rings (SSSR count). The Morgan fingerprint density at radius 2 is 1.86 bits per heavy atom. The molecule has 2 aliphatic rings. The molecule has 6 bridgehead atoms. The van der Waals surface area contributed by atoms with Crippen LogP contribution in [0.1, 0.15) is 16.8 Å². The van der Waals surface area contributed by atoms with Crippen LogP contribution in [-0.4, -0.2) is 44.0 Å². The Labute approximate surface area is 204 Å². The van der Waals surface area contributed by atoms with Crippen LogP contribution in [-0.2, 0) is 10.0 Å². The van der Waals surface area contributed by atoms with Crippen LogP contribution in [0.3, 0.4) is 0 Å². The number of nitrogens with zero attached hydrogens (tertiary/aromatic N) is 1. The molecule has 11 heteroatoms. The largest absolute Gasteiger partial charge is 0.505 e. The Kier molecular flexibility index (Phi) is 5.80. The number of hydrogen-bond acceptors (Lipinski definition) is 5. The molecule has 7 nitrogen and oxygen atoms in total. The normalized spacial score (nSPS) is 19.0. The second kappa shape index (κ2) is 8.69. The summed E-state index contributed by atoms with van der Waals surface area (Å²) < 4.78 is 63.8.